The summed E-state index contributed by atoms with van der Waals surface area (Å²) in [5.74, 6) is -0.662. The van der Waals surface area contributed by atoms with E-state index in [1.165, 1.54) is 0 Å². The first-order valence-corrected chi connectivity index (χ1v) is 6.79. The van der Waals surface area contributed by atoms with Gasteiger partial charge < -0.3 is 0 Å². The molecule has 3 nitrogen and oxygen atoms in total. The van der Waals surface area contributed by atoms with E-state index >= 15 is 0 Å². The van der Waals surface area contributed by atoms with Crippen LogP contribution in [0.3, 0.4) is 0 Å². The number of rotatable bonds is 4. The second kappa shape index (κ2) is 6.24. The summed E-state index contributed by atoms with van der Waals surface area (Å²) in [5, 5.41) is 0.0186. The smallest absolute Gasteiger partial charge is 0.244 e. The van der Waals surface area contributed by atoms with Crippen molar-refractivity contribution in [2.24, 2.45) is 0 Å². The van der Waals surface area contributed by atoms with Gasteiger partial charge in [0, 0.05) is 0 Å². The quantitative estimate of drug-likeness (QED) is 0.614. The SMILES string of the molecule is O=S(=O)(/C=C/c1ccc(F)cc1)OC(C(F)(F)F)C(F)(F)F. The fraction of sp³-hybridized carbons (Fsp3) is 0.273. The first-order valence-electron chi connectivity index (χ1n) is 5.32. The normalized spacial score (nSPS) is 14.0. The van der Waals surface area contributed by atoms with E-state index in [0.29, 0.717) is 6.08 Å². The highest BCUT2D eigenvalue weighted by Crippen LogP contribution is 2.36. The summed E-state index contributed by atoms with van der Waals surface area (Å²) < 4.78 is 111. The second-order valence-electron chi connectivity index (χ2n) is 3.91. The van der Waals surface area contributed by atoms with Crippen LogP contribution in [0.1, 0.15) is 5.56 Å². The topological polar surface area (TPSA) is 43.4 Å². The Morgan fingerprint density at radius 2 is 1.41 bits per heavy atom. The zero-order chi connectivity index (χ0) is 17.2. The molecule has 0 spiro atoms. The summed E-state index contributed by atoms with van der Waals surface area (Å²) in [7, 11) is -5.27. The molecule has 0 fully saturated rings. The van der Waals surface area contributed by atoms with E-state index in [9.17, 15) is 39.2 Å². The highest BCUT2D eigenvalue weighted by atomic mass is 32.2. The van der Waals surface area contributed by atoms with Crippen molar-refractivity contribution in [3.05, 3.63) is 41.1 Å². The van der Waals surface area contributed by atoms with E-state index in [2.05, 4.69) is 4.18 Å². The van der Waals surface area contributed by atoms with Gasteiger partial charge >= 0.3 is 12.4 Å². The van der Waals surface area contributed by atoms with Crippen molar-refractivity contribution in [2.75, 3.05) is 0 Å². The van der Waals surface area contributed by atoms with Crippen molar-refractivity contribution >= 4 is 16.2 Å². The number of hydrogen-bond donors (Lipinski definition) is 0. The molecular weight excluding hydrogens is 345 g/mol. The highest BCUT2D eigenvalue weighted by Gasteiger charge is 2.59. The molecule has 22 heavy (non-hydrogen) atoms. The number of benzene rings is 1. The Hall–Kier alpha value is -1.62. The van der Waals surface area contributed by atoms with Gasteiger partial charge in [-0.25, -0.2) is 8.57 Å². The van der Waals surface area contributed by atoms with Gasteiger partial charge in [0.15, 0.2) is 0 Å². The minimum Gasteiger partial charge on any atom is -0.244 e. The molecule has 0 saturated heterocycles. The lowest BCUT2D eigenvalue weighted by atomic mass is 10.2. The molecule has 1 rings (SSSR count). The van der Waals surface area contributed by atoms with Crippen LogP contribution in [0.25, 0.3) is 6.08 Å². The second-order valence-corrected chi connectivity index (χ2v) is 5.36. The zero-order valence-corrected chi connectivity index (χ0v) is 11.1. The fourth-order valence-corrected chi connectivity index (χ4v) is 2.07. The van der Waals surface area contributed by atoms with E-state index in [1.807, 2.05) is 0 Å². The molecule has 0 aliphatic rings. The van der Waals surface area contributed by atoms with Crippen molar-refractivity contribution in [3.8, 4) is 0 Å². The lowest BCUT2D eigenvalue weighted by Gasteiger charge is -2.21. The molecule has 1 aromatic carbocycles. The van der Waals surface area contributed by atoms with Crippen LogP contribution in [-0.2, 0) is 14.3 Å². The maximum Gasteiger partial charge on any atom is 0.425 e. The van der Waals surface area contributed by atoms with Gasteiger partial charge in [-0.3, -0.25) is 0 Å². The van der Waals surface area contributed by atoms with Crippen LogP contribution in [0.4, 0.5) is 30.7 Å². The average molecular weight is 352 g/mol. The largest absolute Gasteiger partial charge is 0.425 e. The van der Waals surface area contributed by atoms with Crippen LogP contribution < -0.4 is 0 Å². The Balaban J connectivity index is 2.96. The van der Waals surface area contributed by atoms with Crippen LogP contribution in [0.2, 0.25) is 0 Å². The summed E-state index contributed by atoms with van der Waals surface area (Å²) in [6.45, 7) is 0. The lowest BCUT2D eigenvalue weighted by Crippen LogP contribution is -2.45. The van der Waals surface area contributed by atoms with Crippen molar-refractivity contribution in [1.82, 2.24) is 0 Å². The molecule has 11 heteroatoms. The molecule has 0 saturated carbocycles. The summed E-state index contributed by atoms with van der Waals surface area (Å²) >= 11 is 0. The third kappa shape index (κ3) is 5.64. The minimum atomic E-state index is -5.95. The minimum absolute atomic E-state index is 0.0186. The van der Waals surface area contributed by atoms with Gasteiger partial charge in [0.2, 0.25) is 0 Å². The van der Waals surface area contributed by atoms with Crippen molar-refractivity contribution in [3.63, 3.8) is 0 Å². The van der Waals surface area contributed by atoms with E-state index in [0.717, 1.165) is 24.3 Å². The Kier molecular flexibility index (Phi) is 5.23. The maximum absolute atomic E-state index is 12.6. The Morgan fingerprint density at radius 1 is 0.955 bits per heavy atom. The molecule has 0 aliphatic heterocycles. The highest BCUT2D eigenvalue weighted by molar-refractivity contribution is 7.89. The standard InChI is InChI=1S/C11H7F7O3S/c12-8-3-1-7(2-4-8)5-6-22(19,20)21-9(10(13,14)15)11(16,17)18/h1-6,9H/b6-5+. The van der Waals surface area contributed by atoms with Gasteiger partial charge in [-0.2, -0.15) is 34.8 Å². The first-order chi connectivity index (χ1) is 9.81. The Morgan fingerprint density at radius 3 is 1.82 bits per heavy atom. The van der Waals surface area contributed by atoms with Gasteiger partial charge in [0.05, 0.1) is 5.41 Å². The predicted molar refractivity (Wildman–Crippen MR) is 61.3 cm³/mol. The predicted octanol–water partition coefficient (Wildman–Crippen LogP) is 3.64. The Bertz CT molecular complexity index is 615. The molecule has 0 bridgehead atoms. The maximum atomic E-state index is 12.6. The van der Waals surface area contributed by atoms with E-state index in [1.54, 1.807) is 0 Å². The summed E-state index contributed by atoms with van der Waals surface area (Å²) in [6, 6.07) is 3.96. The van der Waals surface area contributed by atoms with Crippen LogP contribution in [-0.4, -0.2) is 26.9 Å². The first kappa shape index (κ1) is 18.4. The molecule has 0 radical (unpaired) electrons. The lowest BCUT2D eigenvalue weighted by molar-refractivity contribution is -0.298. The van der Waals surface area contributed by atoms with Gasteiger partial charge in [0.25, 0.3) is 16.2 Å². The van der Waals surface area contributed by atoms with E-state index in [-0.39, 0.29) is 11.0 Å². The van der Waals surface area contributed by atoms with Crippen molar-refractivity contribution in [2.45, 2.75) is 18.5 Å². The zero-order valence-electron chi connectivity index (χ0n) is 10.3. The summed E-state index contributed by atoms with van der Waals surface area (Å²) in [6.07, 6.45) is -15.7. The molecular formula is C11H7F7O3S. The summed E-state index contributed by atoms with van der Waals surface area (Å²) in [5.41, 5.74) is 0.0316. The van der Waals surface area contributed by atoms with Crippen LogP contribution in [0.5, 0.6) is 0 Å². The van der Waals surface area contributed by atoms with E-state index < -0.39 is 34.4 Å². The van der Waals surface area contributed by atoms with Crippen LogP contribution in [0.15, 0.2) is 29.7 Å². The van der Waals surface area contributed by atoms with Crippen molar-refractivity contribution in [1.29, 1.82) is 0 Å². The third-order valence-corrected chi connectivity index (χ3v) is 3.05. The molecule has 0 aliphatic carbocycles. The van der Waals surface area contributed by atoms with Crippen LogP contribution in [0, 0.1) is 5.82 Å². The monoisotopic (exact) mass is 352 g/mol. The van der Waals surface area contributed by atoms with E-state index in [4.69, 9.17) is 0 Å². The number of hydrogen-bond acceptors (Lipinski definition) is 3. The Labute approximate surface area is 120 Å². The van der Waals surface area contributed by atoms with Crippen LogP contribution >= 0.6 is 0 Å². The molecule has 0 atom stereocenters. The molecule has 0 heterocycles. The van der Waals surface area contributed by atoms with Gasteiger partial charge in [0.1, 0.15) is 5.82 Å². The molecule has 1 aromatic rings. The number of halogens is 7. The third-order valence-electron chi connectivity index (χ3n) is 2.12. The van der Waals surface area contributed by atoms with Gasteiger partial charge in [-0.15, -0.1) is 0 Å². The molecule has 0 aromatic heterocycles. The number of alkyl halides is 6. The fourth-order valence-electron chi connectivity index (χ4n) is 1.20. The van der Waals surface area contributed by atoms with Gasteiger partial charge in [-0.05, 0) is 23.8 Å². The summed E-state index contributed by atoms with van der Waals surface area (Å²) in [4.78, 5) is 0. The van der Waals surface area contributed by atoms with Crippen molar-refractivity contribution < 1.29 is 43.3 Å². The molecule has 124 valence electrons. The molecule has 0 amide bonds. The average Bonchev–Trinajstić information content (AvgIpc) is 2.33. The molecule has 0 unspecified atom stereocenters. The van der Waals surface area contributed by atoms with Gasteiger partial charge in [-0.1, -0.05) is 12.1 Å². The molecule has 0 N–H and O–H groups in total.